The number of hydrogen-bond acceptors (Lipinski definition) is 5. The van der Waals surface area contributed by atoms with E-state index in [2.05, 4.69) is 35.1 Å². The molecule has 0 radical (unpaired) electrons. The SMILES string of the molecule is CC(C)C1(C(=O)N2CCc3ncc(OC4CCC4)cc3C2)CCC(NC2CCOCC2)C1. The Morgan fingerprint density at radius 3 is 2.75 bits per heavy atom. The Kier molecular flexibility index (Phi) is 6.44. The Labute approximate surface area is 192 Å². The van der Waals surface area contributed by atoms with Crippen LogP contribution in [0.25, 0.3) is 0 Å². The van der Waals surface area contributed by atoms with Gasteiger partial charge in [0.1, 0.15) is 5.75 Å². The number of nitrogens with zero attached hydrogens (tertiary/aromatic N) is 2. The van der Waals surface area contributed by atoms with Crippen LogP contribution in [0.2, 0.25) is 0 Å². The van der Waals surface area contributed by atoms with E-state index in [4.69, 9.17) is 9.47 Å². The summed E-state index contributed by atoms with van der Waals surface area (Å²) in [5.41, 5.74) is 2.03. The smallest absolute Gasteiger partial charge is 0.229 e. The first-order valence-electron chi connectivity index (χ1n) is 12.8. The van der Waals surface area contributed by atoms with Crippen molar-refractivity contribution in [1.82, 2.24) is 15.2 Å². The van der Waals surface area contributed by atoms with Gasteiger partial charge in [0.2, 0.25) is 5.91 Å². The molecule has 3 fully saturated rings. The van der Waals surface area contributed by atoms with E-state index in [0.717, 1.165) is 88.1 Å². The van der Waals surface area contributed by atoms with Crippen LogP contribution in [0.5, 0.6) is 5.75 Å². The second-order valence-corrected chi connectivity index (χ2v) is 10.7. The molecule has 1 N–H and O–H groups in total. The average molecular weight is 442 g/mol. The molecule has 0 aromatic carbocycles. The summed E-state index contributed by atoms with van der Waals surface area (Å²) in [5, 5.41) is 3.86. The number of aromatic nitrogens is 1. The Morgan fingerprint density at radius 1 is 1.22 bits per heavy atom. The normalized spacial score (nSPS) is 29.1. The van der Waals surface area contributed by atoms with Crippen molar-refractivity contribution < 1.29 is 14.3 Å². The van der Waals surface area contributed by atoms with Gasteiger partial charge in [-0.2, -0.15) is 0 Å². The highest BCUT2D eigenvalue weighted by Crippen LogP contribution is 2.46. The van der Waals surface area contributed by atoms with Crippen molar-refractivity contribution in [2.75, 3.05) is 19.8 Å². The first kappa shape index (κ1) is 22.1. The van der Waals surface area contributed by atoms with Gasteiger partial charge in [-0.25, -0.2) is 0 Å². The Balaban J connectivity index is 1.26. The van der Waals surface area contributed by atoms with E-state index in [9.17, 15) is 4.79 Å². The van der Waals surface area contributed by atoms with Gasteiger partial charge in [-0.3, -0.25) is 9.78 Å². The number of carbonyl (C=O) groups excluding carboxylic acids is 1. The molecule has 1 amide bonds. The monoisotopic (exact) mass is 441 g/mol. The van der Waals surface area contributed by atoms with Crippen LogP contribution < -0.4 is 10.1 Å². The van der Waals surface area contributed by atoms with E-state index >= 15 is 0 Å². The second kappa shape index (κ2) is 9.30. The third-order valence-corrected chi connectivity index (χ3v) is 8.43. The molecule has 1 aromatic heterocycles. The lowest BCUT2D eigenvalue weighted by atomic mass is 9.74. The first-order chi connectivity index (χ1) is 15.5. The molecule has 4 aliphatic rings. The van der Waals surface area contributed by atoms with Gasteiger partial charge in [0, 0.05) is 50.5 Å². The zero-order chi connectivity index (χ0) is 22.1. The lowest BCUT2D eigenvalue weighted by molar-refractivity contribution is -0.146. The van der Waals surface area contributed by atoms with Gasteiger partial charge < -0.3 is 19.7 Å². The number of pyridine rings is 1. The number of amides is 1. The second-order valence-electron chi connectivity index (χ2n) is 10.7. The van der Waals surface area contributed by atoms with Gasteiger partial charge in [-0.15, -0.1) is 0 Å². The van der Waals surface area contributed by atoms with E-state index in [1.54, 1.807) is 0 Å². The highest BCUT2D eigenvalue weighted by atomic mass is 16.5. The van der Waals surface area contributed by atoms with Crippen LogP contribution in [-0.2, 0) is 22.5 Å². The third kappa shape index (κ3) is 4.41. The van der Waals surface area contributed by atoms with Crippen molar-refractivity contribution in [2.24, 2.45) is 11.3 Å². The summed E-state index contributed by atoms with van der Waals surface area (Å²) in [6.45, 7) is 7.61. The summed E-state index contributed by atoms with van der Waals surface area (Å²) in [6.07, 6.45) is 11.8. The maximum atomic E-state index is 14.0. The standard InChI is InChI=1S/C26H39N3O3/c1-18(2)26(10-6-21(15-26)28-20-8-12-31-13-9-20)25(30)29-11-7-24-19(17-29)14-23(16-27-24)32-22-4-3-5-22/h14,16,18,20-22,28H,3-13,15,17H2,1-2H3. The van der Waals surface area contributed by atoms with Crippen molar-refractivity contribution in [3.63, 3.8) is 0 Å². The van der Waals surface area contributed by atoms with Crippen LogP contribution in [0.1, 0.15) is 76.5 Å². The number of nitrogens with one attached hydrogen (secondary N) is 1. The van der Waals surface area contributed by atoms with Crippen LogP contribution in [0.4, 0.5) is 0 Å². The Bertz CT molecular complexity index is 819. The summed E-state index contributed by atoms with van der Waals surface area (Å²) in [4.78, 5) is 20.7. The van der Waals surface area contributed by atoms with Crippen LogP contribution in [0, 0.1) is 11.3 Å². The molecule has 2 saturated carbocycles. The van der Waals surface area contributed by atoms with Crippen molar-refractivity contribution in [3.05, 3.63) is 23.5 Å². The highest BCUT2D eigenvalue weighted by Gasteiger charge is 2.49. The number of hydrogen-bond donors (Lipinski definition) is 1. The number of rotatable bonds is 6. The summed E-state index contributed by atoms with van der Waals surface area (Å²) in [6, 6.07) is 3.10. The van der Waals surface area contributed by atoms with E-state index < -0.39 is 0 Å². The number of fused-ring (bicyclic) bond motifs is 1. The molecule has 2 unspecified atom stereocenters. The molecule has 2 aliphatic carbocycles. The maximum Gasteiger partial charge on any atom is 0.229 e. The van der Waals surface area contributed by atoms with Gasteiger partial charge in [0.05, 0.1) is 17.7 Å². The molecule has 0 spiro atoms. The van der Waals surface area contributed by atoms with Crippen molar-refractivity contribution in [1.29, 1.82) is 0 Å². The molecule has 1 aromatic rings. The van der Waals surface area contributed by atoms with Gasteiger partial charge in [0.25, 0.3) is 0 Å². The zero-order valence-corrected chi connectivity index (χ0v) is 19.8. The summed E-state index contributed by atoms with van der Waals surface area (Å²) >= 11 is 0. The molecule has 32 heavy (non-hydrogen) atoms. The molecule has 6 heteroatoms. The van der Waals surface area contributed by atoms with Crippen LogP contribution in [-0.4, -0.2) is 53.7 Å². The van der Waals surface area contributed by atoms with Gasteiger partial charge in [-0.05, 0) is 68.9 Å². The Hall–Kier alpha value is -1.66. The van der Waals surface area contributed by atoms with Crippen LogP contribution >= 0.6 is 0 Å². The van der Waals surface area contributed by atoms with Gasteiger partial charge >= 0.3 is 0 Å². The maximum absolute atomic E-state index is 14.0. The minimum Gasteiger partial charge on any atom is -0.489 e. The van der Waals surface area contributed by atoms with Crippen molar-refractivity contribution in [3.8, 4) is 5.75 Å². The fourth-order valence-corrected chi connectivity index (χ4v) is 6.02. The molecular formula is C26H39N3O3. The largest absolute Gasteiger partial charge is 0.489 e. The summed E-state index contributed by atoms with van der Waals surface area (Å²) < 4.78 is 11.6. The molecule has 3 heterocycles. The quantitative estimate of drug-likeness (QED) is 0.726. The van der Waals surface area contributed by atoms with E-state index in [1.165, 1.54) is 6.42 Å². The van der Waals surface area contributed by atoms with E-state index in [-0.39, 0.29) is 5.41 Å². The molecular weight excluding hydrogens is 402 g/mol. The third-order valence-electron chi connectivity index (χ3n) is 8.43. The average Bonchev–Trinajstić information content (AvgIpc) is 3.21. The molecule has 2 atom stereocenters. The molecule has 5 rings (SSSR count). The van der Waals surface area contributed by atoms with Crippen LogP contribution in [0.3, 0.4) is 0 Å². The highest BCUT2D eigenvalue weighted by molar-refractivity contribution is 5.83. The first-order valence-corrected chi connectivity index (χ1v) is 12.8. The zero-order valence-electron chi connectivity index (χ0n) is 19.8. The number of carbonyl (C=O) groups is 1. The molecule has 1 saturated heterocycles. The number of ether oxygens (including phenoxy) is 2. The fraction of sp³-hybridized carbons (Fsp3) is 0.769. The van der Waals surface area contributed by atoms with Crippen molar-refractivity contribution >= 4 is 5.91 Å². The van der Waals surface area contributed by atoms with E-state index in [0.29, 0.717) is 36.6 Å². The Morgan fingerprint density at radius 2 is 2.03 bits per heavy atom. The van der Waals surface area contributed by atoms with Crippen molar-refractivity contribution in [2.45, 2.75) is 96.4 Å². The van der Waals surface area contributed by atoms with Gasteiger partial charge in [0.15, 0.2) is 0 Å². The lowest BCUT2D eigenvalue weighted by Gasteiger charge is -2.40. The van der Waals surface area contributed by atoms with Crippen LogP contribution in [0.15, 0.2) is 12.3 Å². The fourth-order valence-electron chi connectivity index (χ4n) is 6.02. The minimum atomic E-state index is -0.256. The topological polar surface area (TPSA) is 63.7 Å². The summed E-state index contributed by atoms with van der Waals surface area (Å²) in [7, 11) is 0. The molecule has 2 aliphatic heterocycles. The minimum absolute atomic E-state index is 0.256. The predicted octanol–water partition coefficient (Wildman–Crippen LogP) is 3.86. The lowest BCUT2D eigenvalue weighted by Crippen LogP contribution is -2.49. The predicted molar refractivity (Wildman–Crippen MR) is 124 cm³/mol. The van der Waals surface area contributed by atoms with E-state index in [1.807, 2.05) is 6.20 Å². The molecule has 6 nitrogen and oxygen atoms in total. The van der Waals surface area contributed by atoms with Gasteiger partial charge in [-0.1, -0.05) is 13.8 Å². The molecule has 0 bridgehead atoms. The molecule has 176 valence electrons. The summed E-state index contributed by atoms with van der Waals surface area (Å²) in [5.74, 6) is 1.55.